The molecule has 4 aliphatic rings. The van der Waals surface area contributed by atoms with E-state index in [1.54, 1.807) is 12.1 Å². The molecule has 4 fully saturated rings. The first-order chi connectivity index (χ1) is 21.7. The number of ketones is 1. The number of hydrogen-bond donors (Lipinski definition) is 0. The molecule has 4 aromatic carbocycles. The van der Waals surface area contributed by atoms with Crippen LogP contribution in [0.25, 0.3) is 0 Å². The highest BCUT2D eigenvalue weighted by Gasteiger charge is 2.49. The van der Waals surface area contributed by atoms with Crippen LogP contribution < -0.4 is 0 Å². The summed E-state index contributed by atoms with van der Waals surface area (Å²) in [5, 5.41) is 1.34. The topological polar surface area (TPSA) is 17.1 Å². The molecule has 0 heterocycles. The molecule has 2 spiro atoms. The van der Waals surface area contributed by atoms with Crippen LogP contribution in [0.2, 0.25) is 10.0 Å². The summed E-state index contributed by atoms with van der Waals surface area (Å²) < 4.78 is 1.95. The van der Waals surface area contributed by atoms with Crippen molar-refractivity contribution in [1.29, 1.82) is 0 Å². The molecule has 4 aromatic rings. The van der Waals surface area contributed by atoms with Gasteiger partial charge in [0.2, 0.25) is 0 Å². The van der Waals surface area contributed by atoms with Crippen molar-refractivity contribution < 1.29 is 4.79 Å². The third-order valence-corrected chi connectivity index (χ3v) is 12.7. The molecule has 1 nitrogen and oxygen atoms in total. The van der Waals surface area contributed by atoms with E-state index in [1.807, 2.05) is 30.3 Å². The summed E-state index contributed by atoms with van der Waals surface area (Å²) in [6.45, 7) is 0. The fourth-order valence-electron chi connectivity index (χ4n) is 7.79. The van der Waals surface area contributed by atoms with Crippen molar-refractivity contribution in [2.75, 3.05) is 0 Å². The Morgan fingerprint density at radius 1 is 0.638 bits per heavy atom. The fourth-order valence-corrected chi connectivity index (χ4v) is 8.94. The molecular weight excluding hydrogens is 751 g/mol. The minimum absolute atomic E-state index is 0. The first-order valence-corrected chi connectivity index (χ1v) is 18.7. The normalized spacial score (nSPS) is 20.9. The third-order valence-electron chi connectivity index (χ3n) is 11.0. The van der Waals surface area contributed by atoms with Gasteiger partial charge in [0.05, 0.1) is 5.02 Å². The second kappa shape index (κ2) is 14.9. The lowest BCUT2D eigenvalue weighted by atomic mass is 9.93. The second-order valence-corrected chi connectivity index (χ2v) is 16.8. The van der Waals surface area contributed by atoms with Gasteiger partial charge in [0.25, 0.3) is 0 Å². The Balaban J connectivity index is 0.000000177. The SMILES string of the molecule is C.C.Clc1ccc(Br)cc1Cc1ccc(C2CCC3(CC3)C2)cc1.O=C(c1ccc(C2CCC3(CC3)C2)cc1)c1cc(Br)ccc1Cl. The first-order valence-electron chi connectivity index (χ1n) is 16.3. The molecule has 0 aromatic heterocycles. The van der Waals surface area contributed by atoms with Crippen LogP contribution in [0.1, 0.15) is 129 Å². The summed E-state index contributed by atoms with van der Waals surface area (Å²) in [7, 11) is 0. The van der Waals surface area contributed by atoms with Gasteiger partial charge in [0, 0.05) is 25.1 Å². The van der Waals surface area contributed by atoms with Gasteiger partial charge in [-0.2, -0.15) is 0 Å². The maximum absolute atomic E-state index is 12.7. The van der Waals surface area contributed by atoms with Crippen LogP contribution in [0.15, 0.2) is 93.9 Å². The van der Waals surface area contributed by atoms with Gasteiger partial charge >= 0.3 is 0 Å². The van der Waals surface area contributed by atoms with Gasteiger partial charge in [-0.15, -0.1) is 0 Å². The Labute approximate surface area is 309 Å². The van der Waals surface area contributed by atoms with Crippen molar-refractivity contribution in [3.63, 3.8) is 0 Å². The van der Waals surface area contributed by atoms with Crippen LogP contribution in [-0.2, 0) is 6.42 Å². The van der Waals surface area contributed by atoms with Crippen LogP contribution >= 0.6 is 55.1 Å². The van der Waals surface area contributed by atoms with Gasteiger partial charge in [0.1, 0.15) is 0 Å². The highest BCUT2D eigenvalue weighted by Crippen LogP contribution is 2.62. The van der Waals surface area contributed by atoms with E-state index in [0.717, 1.165) is 31.7 Å². The zero-order valence-electron chi connectivity index (χ0n) is 25.4. The highest BCUT2D eigenvalue weighted by atomic mass is 79.9. The van der Waals surface area contributed by atoms with Crippen molar-refractivity contribution in [1.82, 2.24) is 0 Å². The largest absolute Gasteiger partial charge is 0.289 e. The molecule has 4 aliphatic carbocycles. The molecule has 47 heavy (non-hydrogen) atoms. The van der Waals surface area contributed by atoms with Gasteiger partial charge in [-0.05, 0) is 152 Å². The molecule has 0 N–H and O–H groups in total. The molecule has 0 saturated heterocycles. The Morgan fingerprint density at radius 3 is 1.64 bits per heavy atom. The molecular formula is C42H46Br2Cl2O. The van der Waals surface area contributed by atoms with Crippen molar-refractivity contribution in [3.05, 3.63) is 137 Å². The molecule has 0 amide bonds. The minimum atomic E-state index is -0.0204. The van der Waals surface area contributed by atoms with Gasteiger partial charge in [-0.25, -0.2) is 0 Å². The molecule has 248 valence electrons. The van der Waals surface area contributed by atoms with E-state index in [2.05, 4.69) is 74.3 Å². The second-order valence-electron chi connectivity index (χ2n) is 14.1. The van der Waals surface area contributed by atoms with Gasteiger partial charge in [-0.3, -0.25) is 4.79 Å². The Morgan fingerprint density at radius 2 is 1.13 bits per heavy atom. The number of halogens is 4. The Bertz CT molecular complexity index is 1700. The minimum Gasteiger partial charge on any atom is -0.289 e. The summed E-state index contributed by atoms with van der Waals surface area (Å²) >= 11 is 19.4. The van der Waals surface area contributed by atoms with E-state index >= 15 is 0 Å². The predicted octanol–water partition coefficient (Wildman–Crippen LogP) is 14.4. The molecule has 2 unspecified atom stereocenters. The van der Waals surface area contributed by atoms with Crippen LogP contribution in [-0.4, -0.2) is 5.78 Å². The van der Waals surface area contributed by atoms with E-state index in [0.29, 0.717) is 27.5 Å². The number of carbonyl (C=O) groups is 1. The molecule has 0 aliphatic heterocycles. The highest BCUT2D eigenvalue weighted by molar-refractivity contribution is 9.10. The van der Waals surface area contributed by atoms with E-state index in [4.69, 9.17) is 23.2 Å². The standard InChI is InChI=1S/C20H18BrClO.C20H20BrCl.2CH4/c21-16-5-6-18(22)17(11-16)19(23)14-3-1-13(2-4-14)15-7-8-20(12-15)9-10-20;21-18-5-6-19(22)17(12-18)11-14-1-3-15(4-2-14)16-7-8-20(13-16)9-10-20;;/h1-6,11,15H,7-10,12H2;1-6,12,16H,7-11,13H2;2*1H4. The first kappa shape index (κ1) is 36.4. The smallest absolute Gasteiger partial charge is 0.194 e. The lowest BCUT2D eigenvalue weighted by Crippen LogP contribution is -2.03. The summed E-state index contributed by atoms with van der Waals surface area (Å²) in [6, 6.07) is 28.9. The number of hydrogen-bond acceptors (Lipinski definition) is 1. The lowest BCUT2D eigenvalue weighted by Gasteiger charge is -2.12. The zero-order valence-corrected chi connectivity index (χ0v) is 30.1. The lowest BCUT2D eigenvalue weighted by molar-refractivity contribution is 0.103. The molecule has 0 radical (unpaired) electrons. The number of benzene rings is 4. The van der Waals surface area contributed by atoms with Crippen LogP contribution in [0.5, 0.6) is 0 Å². The van der Waals surface area contributed by atoms with Crippen molar-refractivity contribution in [2.24, 2.45) is 10.8 Å². The van der Waals surface area contributed by atoms with Gasteiger partial charge < -0.3 is 0 Å². The third kappa shape index (κ3) is 8.46. The average Bonchev–Trinajstić information content (AvgIpc) is 3.89. The zero-order chi connectivity index (χ0) is 31.2. The number of rotatable bonds is 6. The Kier molecular flexibility index (Phi) is 11.5. The molecule has 5 heteroatoms. The maximum Gasteiger partial charge on any atom is 0.194 e. The van der Waals surface area contributed by atoms with E-state index < -0.39 is 0 Å². The van der Waals surface area contributed by atoms with Crippen molar-refractivity contribution >= 4 is 60.8 Å². The Hall–Kier alpha value is -1.91. The van der Waals surface area contributed by atoms with Crippen molar-refractivity contribution in [2.45, 2.75) is 97.3 Å². The summed E-state index contributed by atoms with van der Waals surface area (Å²) in [4.78, 5) is 12.7. The van der Waals surface area contributed by atoms with Crippen LogP contribution in [0, 0.1) is 10.8 Å². The van der Waals surface area contributed by atoms with Crippen molar-refractivity contribution in [3.8, 4) is 0 Å². The predicted molar refractivity (Wildman–Crippen MR) is 207 cm³/mol. The molecule has 8 rings (SSSR count). The fraction of sp³-hybridized carbons (Fsp3) is 0.405. The average molecular weight is 798 g/mol. The van der Waals surface area contributed by atoms with Gasteiger partial charge in [-0.1, -0.05) is 118 Å². The monoisotopic (exact) mass is 794 g/mol. The summed E-state index contributed by atoms with van der Waals surface area (Å²) in [5.74, 6) is 1.45. The summed E-state index contributed by atoms with van der Waals surface area (Å²) in [6.07, 6.45) is 14.9. The van der Waals surface area contributed by atoms with E-state index in [9.17, 15) is 4.79 Å². The van der Waals surface area contributed by atoms with Crippen LogP contribution in [0.3, 0.4) is 0 Å². The van der Waals surface area contributed by atoms with E-state index in [1.165, 1.54) is 86.5 Å². The molecule has 4 saturated carbocycles. The number of carbonyl (C=O) groups excluding carboxylic acids is 1. The van der Waals surface area contributed by atoms with E-state index in [-0.39, 0.29) is 20.6 Å². The summed E-state index contributed by atoms with van der Waals surface area (Å²) in [5.41, 5.74) is 8.12. The maximum atomic E-state index is 12.7. The van der Waals surface area contributed by atoms with Gasteiger partial charge in [0.15, 0.2) is 5.78 Å². The quantitative estimate of drug-likeness (QED) is 0.178. The van der Waals surface area contributed by atoms with Crippen LogP contribution in [0.4, 0.5) is 0 Å². The molecule has 2 atom stereocenters. The molecule has 0 bridgehead atoms.